The van der Waals surface area contributed by atoms with Gasteiger partial charge in [-0.05, 0) is 52.9 Å². The molecule has 1 aromatic carbocycles. The SMILES string of the molecule is N/C(=N/OC(=O)c1cccc(I)c1)c1cccnc1. The number of rotatable bonds is 3. The molecular weight excluding hydrogens is 357 g/mol. The van der Waals surface area contributed by atoms with Crippen LogP contribution in [0.5, 0.6) is 0 Å². The van der Waals surface area contributed by atoms with Crippen LogP contribution in [0.1, 0.15) is 15.9 Å². The van der Waals surface area contributed by atoms with Crippen LogP contribution in [0.25, 0.3) is 0 Å². The first-order valence-electron chi connectivity index (χ1n) is 5.37. The maximum absolute atomic E-state index is 11.7. The van der Waals surface area contributed by atoms with Crippen LogP contribution in [0.4, 0.5) is 0 Å². The summed E-state index contributed by atoms with van der Waals surface area (Å²) >= 11 is 2.11. The van der Waals surface area contributed by atoms with Gasteiger partial charge >= 0.3 is 5.97 Å². The molecule has 0 fully saturated rings. The minimum Gasteiger partial charge on any atom is -0.380 e. The molecule has 0 bridgehead atoms. The number of hydrogen-bond donors (Lipinski definition) is 1. The topological polar surface area (TPSA) is 77.6 Å². The van der Waals surface area contributed by atoms with Crippen LogP contribution in [-0.4, -0.2) is 16.8 Å². The third kappa shape index (κ3) is 3.75. The van der Waals surface area contributed by atoms with Crippen molar-refractivity contribution in [1.29, 1.82) is 0 Å². The van der Waals surface area contributed by atoms with Gasteiger partial charge in [-0.15, -0.1) is 0 Å². The van der Waals surface area contributed by atoms with E-state index in [4.69, 9.17) is 10.6 Å². The fraction of sp³-hybridized carbons (Fsp3) is 0. The number of carbonyl (C=O) groups is 1. The third-order valence-electron chi connectivity index (χ3n) is 2.24. The molecule has 0 atom stereocenters. The van der Waals surface area contributed by atoms with Gasteiger partial charge in [-0.1, -0.05) is 11.2 Å². The van der Waals surface area contributed by atoms with Crippen LogP contribution < -0.4 is 5.73 Å². The second kappa shape index (κ2) is 6.28. The Balaban J connectivity index is 2.08. The molecule has 0 radical (unpaired) electrons. The van der Waals surface area contributed by atoms with Crippen molar-refractivity contribution in [2.75, 3.05) is 0 Å². The number of benzene rings is 1. The zero-order valence-electron chi connectivity index (χ0n) is 9.79. The first kappa shape index (κ1) is 13.5. The molecule has 96 valence electrons. The fourth-order valence-electron chi connectivity index (χ4n) is 1.33. The van der Waals surface area contributed by atoms with Gasteiger partial charge in [0.05, 0.1) is 5.56 Å². The molecule has 0 spiro atoms. The smallest absolute Gasteiger partial charge is 0.365 e. The van der Waals surface area contributed by atoms with Crippen molar-refractivity contribution in [3.63, 3.8) is 0 Å². The van der Waals surface area contributed by atoms with E-state index in [1.54, 1.807) is 36.5 Å². The molecule has 2 N–H and O–H groups in total. The highest BCUT2D eigenvalue weighted by atomic mass is 127. The molecule has 0 aliphatic rings. The summed E-state index contributed by atoms with van der Waals surface area (Å²) in [5.74, 6) is -0.447. The van der Waals surface area contributed by atoms with E-state index >= 15 is 0 Å². The number of hydrogen-bond acceptors (Lipinski definition) is 4. The zero-order chi connectivity index (χ0) is 13.7. The van der Waals surface area contributed by atoms with Crippen LogP contribution in [-0.2, 0) is 4.84 Å². The summed E-state index contributed by atoms with van der Waals surface area (Å²) in [6.45, 7) is 0. The summed E-state index contributed by atoms with van der Waals surface area (Å²) in [4.78, 5) is 20.4. The van der Waals surface area contributed by atoms with Crippen molar-refractivity contribution < 1.29 is 9.63 Å². The molecule has 1 aromatic heterocycles. The summed E-state index contributed by atoms with van der Waals surface area (Å²) in [6, 6.07) is 10.5. The molecule has 2 rings (SSSR count). The molecule has 6 heteroatoms. The second-order valence-corrected chi connectivity index (χ2v) is 4.85. The normalized spacial score (nSPS) is 11.1. The van der Waals surface area contributed by atoms with Gasteiger partial charge in [-0.25, -0.2) is 4.79 Å². The molecule has 0 saturated carbocycles. The van der Waals surface area contributed by atoms with Crippen LogP contribution >= 0.6 is 22.6 Å². The molecule has 0 amide bonds. The Bertz CT molecular complexity index is 614. The first-order valence-corrected chi connectivity index (χ1v) is 6.45. The molecular formula is C13H10IN3O2. The van der Waals surface area contributed by atoms with Gasteiger partial charge in [0.25, 0.3) is 0 Å². The predicted octanol–water partition coefficient (Wildman–Crippen LogP) is 2.16. The molecule has 0 aliphatic carbocycles. The Morgan fingerprint density at radius 1 is 1.26 bits per heavy atom. The van der Waals surface area contributed by atoms with Gasteiger partial charge in [-0.2, -0.15) is 0 Å². The first-order chi connectivity index (χ1) is 9.16. The van der Waals surface area contributed by atoms with Crippen LogP contribution in [0.3, 0.4) is 0 Å². The number of nitrogens with two attached hydrogens (primary N) is 1. The van der Waals surface area contributed by atoms with Crippen LogP contribution in [0, 0.1) is 3.57 Å². The van der Waals surface area contributed by atoms with Crippen LogP contribution in [0.2, 0.25) is 0 Å². The highest BCUT2D eigenvalue weighted by molar-refractivity contribution is 14.1. The average molecular weight is 367 g/mol. The molecule has 19 heavy (non-hydrogen) atoms. The van der Waals surface area contributed by atoms with E-state index in [0.29, 0.717) is 11.1 Å². The Kier molecular flexibility index (Phi) is 4.45. The standard InChI is InChI=1S/C13H10IN3O2/c14-11-5-1-3-9(7-11)13(18)19-17-12(15)10-4-2-6-16-8-10/h1-8H,(H2,15,17). The summed E-state index contributed by atoms with van der Waals surface area (Å²) in [5, 5.41) is 3.60. The van der Waals surface area contributed by atoms with Gasteiger partial charge < -0.3 is 10.6 Å². The van der Waals surface area contributed by atoms with Crippen molar-refractivity contribution in [3.8, 4) is 0 Å². The monoisotopic (exact) mass is 367 g/mol. The van der Waals surface area contributed by atoms with E-state index < -0.39 is 5.97 Å². The lowest BCUT2D eigenvalue weighted by Gasteiger charge is -2.01. The molecule has 0 aliphatic heterocycles. The largest absolute Gasteiger partial charge is 0.380 e. The van der Waals surface area contributed by atoms with Gasteiger partial charge in [-0.3, -0.25) is 4.98 Å². The maximum atomic E-state index is 11.7. The van der Waals surface area contributed by atoms with Crippen LogP contribution in [0.15, 0.2) is 53.9 Å². The third-order valence-corrected chi connectivity index (χ3v) is 2.92. The summed E-state index contributed by atoms with van der Waals surface area (Å²) in [6.07, 6.45) is 3.16. The minimum absolute atomic E-state index is 0.104. The fourth-order valence-corrected chi connectivity index (χ4v) is 1.87. The lowest BCUT2D eigenvalue weighted by atomic mass is 10.2. The van der Waals surface area contributed by atoms with Gasteiger partial charge in [0.1, 0.15) is 0 Å². The predicted molar refractivity (Wildman–Crippen MR) is 79.5 cm³/mol. The van der Waals surface area contributed by atoms with Crippen molar-refractivity contribution in [2.24, 2.45) is 10.9 Å². The van der Waals surface area contributed by atoms with Gasteiger partial charge in [0, 0.05) is 21.5 Å². The summed E-state index contributed by atoms with van der Waals surface area (Å²) in [5.41, 5.74) is 6.70. The Morgan fingerprint density at radius 3 is 2.74 bits per heavy atom. The molecule has 2 aromatic rings. The number of halogens is 1. The van der Waals surface area contributed by atoms with Crippen molar-refractivity contribution in [3.05, 3.63) is 63.5 Å². The van der Waals surface area contributed by atoms with Gasteiger partial charge in [0.2, 0.25) is 0 Å². The Hall–Kier alpha value is -1.96. The lowest BCUT2D eigenvalue weighted by molar-refractivity contribution is 0.0516. The Labute approximate surface area is 123 Å². The molecule has 0 saturated heterocycles. The molecule has 0 unspecified atom stereocenters. The number of aromatic nitrogens is 1. The lowest BCUT2D eigenvalue weighted by Crippen LogP contribution is -2.15. The van der Waals surface area contributed by atoms with Crippen molar-refractivity contribution in [2.45, 2.75) is 0 Å². The molecule has 1 heterocycles. The van der Waals surface area contributed by atoms with E-state index in [1.807, 2.05) is 6.07 Å². The number of oxime groups is 1. The molecule has 5 nitrogen and oxygen atoms in total. The van der Waals surface area contributed by atoms with E-state index in [-0.39, 0.29) is 5.84 Å². The number of nitrogens with zero attached hydrogens (tertiary/aromatic N) is 2. The highest BCUT2D eigenvalue weighted by Crippen LogP contribution is 2.09. The van der Waals surface area contributed by atoms with Crippen molar-refractivity contribution >= 4 is 34.4 Å². The van der Waals surface area contributed by atoms with Gasteiger partial charge in [0.15, 0.2) is 5.84 Å². The zero-order valence-corrected chi connectivity index (χ0v) is 11.9. The van der Waals surface area contributed by atoms with E-state index in [0.717, 1.165) is 3.57 Å². The van der Waals surface area contributed by atoms with E-state index in [9.17, 15) is 4.79 Å². The summed E-state index contributed by atoms with van der Waals surface area (Å²) in [7, 11) is 0. The minimum atomic E-state index is -0.551. The Morgan fingerprint density at radius 2 is 2.05 bits per heavy atom. The second-order valence-electron chi connectivity index (χ2n) is 3.61. The van der Waals surface area contributed by atoms with E-state index in [1.165, 1.54) is 6.20 Å². The number of pyridine rings is 1. The summed E-state index contributed by atoms with van der Waals surface area (Å²) < 4.78 is 0.941. The van der Waals surface area contributed by atoms with Crippen molar-refractivity contribution in [1.82, 2.24) is 4.98 Å². The average Bonchev–Trinajstić information content (AvgIpc) is 2.45. The van der Waals surface area contributed by atoms with E-state index in [2.05, 4.69) is 32.7 Å². The quantitative estimate of drug-likeness (QED) is 0.297. The number of carbonyl (C=O) groups excluding carboxylic acids is 1. The maximum Gasteiger partial charge on any atom is 0.365 e. The number of amidine groups is 1. The highest BCUT2D eigenvalue weighted by Gasteiger charge is 2.08.